The van der Waals surface area contributed by atoms with Crippen LogP contribution in [0.2, 0.25) is 0 Å². The van der Waals surface area contributed by atoms with E-state index >= 15 is 0 Å². The molecule has 1 aromatic heterocycles. The second-order valence-electron chi connectivity index (χ2n) is 10.6. The van der Waals surface area contributed by atoms with Gasteiger partial charge in [-0.2, -0.15) is 8.78 Å². The molecule has 2 atom stereocenters. The monoisotopic (exact) mass is 689 g/mol. The van der Waals surface area contributed by atoms with E-state index in [0.29, 0.717) is 15.6 Å². The highest BCUT2D eigenvalue weighted by Crippen LogP contribution is 2.48. The van der Waals surface area contributed by atoms with E-state index in [2.05, 4.69) is 9.82 Å². The van der Waals surface area contributed by atoms with E-state index in [1.807, 2.05) is 0 Å². The van der Waals surface area contributed by atoms with Gasteiger partial charge in [-0.25, -0.2) is 31.8 Å². The summed E-state index contributed by atoms with van der Waals surface area (Å²) in [6, 6.07) is 12.7. The van der Waals surface area contributed by atoms with Crippen LogP contribution in [0.3, 0.4) is 0 Å². The fourth-order valence-electron chi connectivity index (χ4n) is 4.68. The number of alkyl halides is 2. The van der Waals surface area contributed by atoms with Crippen LogP contribution in [0.4, 0.5) is 30.7 Å². The van der Waals surface area contributed by atoms with E-state index in [9.17, 15) is 44.9 Å². The molecule has 0 saturated heterocycles. The summed E-state index contributed by atoms with van der Waals surface area (Å²) in [5.74, 6) is -18.6. The number of esters is 2. The van der Waals surface area contributed by atoms with Gasteiger partial charge in [0.05, 0.1) is 12.8 Å². The first-order valence-corrected chi connectivity index (χ1v) is 16.2. The van der Waals surface area contributed by atoms with Crippen LogP contribution >= 0.6 is 18.9 Å². The Morgan fingerprint density at radius 1 is 0.957 bits per heavy atom. The molecular formula is C30H23F7NO6PS. The van der Waals surface area contributed by atoms with Crippen molar-refractivity contribution in [2.24, 2.45) is 5.92 Å². The molecule has 0 spiro atoms. The molecule has 0 aliphatic heterocycles. The summed E-state index contributed by atoms with van der Waals surface area (Å²) in [6.07, 6.45) is -1.07. The fourth-order valence-corrected chi connectivity index (χ4v) is 7.64. The number of para-hydroxylation sites is 1. The molecule has 1 heterocycles. The number of ether oxygens (including phenoxy) is 2. The van der Waals surface area contributed by atoms with Crippen molar-refractivity contribution in [2.75, 3.05) is 6.61 Å². The number of benzene rings is 3. The number of fused-ring (bicyclic) bond motifs is 1. The lowest BCUT2D eigenvalue weighted by Crippen LogP contribution is -2.40. The second-order valence-corrected chi connectivity index (χ2v) is 13.8. The van der Waals surface area contributed by atoms with Crippen molar-refractivity contribution in [1.29, 1.82) is 0 Å². The molecule has 5 rings (SSSR count). The Morgan fingerprint density at radius 3 is 2.22 bits per heavy atom. The molecule has 1 saturated carbocycles. The van der Waals surface area contributed by atoms with E-state index in [4.69, 9.17) is 9.26 Å². The second kappa shape index (κ2) is 13.0. The van der Waals surface area contributed by atoms with Gasteiger partial charge in [0.15, 0.2) is 0 Å². The zero-order valence-corrected chi connectivity index (χ0v) is 25.3. The molecule has 0 radical (unpaired) electrons. The van der Waals surface area contributed by atoms with Gasteiger partial charge >= 0.3 is 19.5 Å². The number of rotatable bonds is 11. The van der Waals surface area contributed by atoms with Crippen molar-refractivity contribution in [3.63, 3.8) is 0 Å². The summed E-state index contributed by atoms with van der Waals surface area (Å²) in [4.78, 5) is 25.0. The third-order valence-corrected chi connectivity index (χ3v) is 10.1. The van der Waals surface area contributed by atoms with Gasteiger partial charge in [0.2, 0.25) is 40.8 Å². The lowest BCUT2D eigenvalue weighted by Gasteiger charge is -2.34. The standard InChI is InChI=1S/C30H23F7NO6PS/c1-15(28(39)42-13-17-11-30(36,37)12-17)38-45(41,44-19-5-3-2-4-6-19)14-16-7-8-20-18(9-16)10-21(46-20)29(40)43-27-25(34)23(32)22(31)24(33)26(27)35/h2-10,15,17H,11-14H2,1H3,(H,38,41). The predicted octanol–water partition coefficient (Wildman–Crippen LogP) is 8.15. The summed E-state index contributed by atoms with van der Waals surface area (Å²) < 4.78 is 125. The number of halogens is 7. The van der Waals surface area contributed by atoms with Crippen molar-refractivity contribution in [1.82, 2.24) is 5.09 Å². The number of thiophene rings is 1. The molecule has 244 valence electrons. The maximum atomic E-state index is 14.1. The molecule has 7 nitrogen and oxygen atoms in total. The summed E-state index contributed by atoms with van der Waals surface area (Å²) in [6.45, 7) is 1.16. The summed E-state index contributed by atoms with van der Waals surface area (Å²) in [5, 5.41) is 3.05. The summed E-state index contributed by atoms with van der Waals surface area (Å²) in [5.41, 5.74) is 0.397. The number of carbonyl (C=O) groups is 2. The first-order chi connectivity index (χ1) is 21.6. The average Bonchev–Trinajstić information content (AvgIpc) is 3.42. The topological polar surface area (TPSA) is 90.9 Å². The zero-order valence-electron chi connectivity index (χ0n) is 23.6. The Labute approximate surface area is 260 Å². The van der Waals surface area contributed by atoms with Gasteiger partial charge in [0, 0.05) is 23.5 Å². The van der Waals surface area contributed by atoms with Crippen molar-refractivity contribution in [3.8, 4) is 11.5 Å². The molecule has 4 aromatic rings. The van der Waals surface area contributed by atoms with Crippen LogP contribution in [-0.2, 0) is 20.3 Å². The first kappa shape index (κ1) is 33.4. The SMILES string of the molecule is CC(NP(=O)(Cc1ccc2sc(C(=O)Oc3c(F)c(F)c(F)c(F)c3F)cc2c1)Oc1ccccc1)C(=O)OCC1CC(F)(F)C1. The van der Waals surface area contributed by atoms with Crippen LogP contribution in [0.5, 0.6) is 11.5 Å². The molecule has 0 amide bonds. The van der Waals surface area contributed by atoms with Gasteiger partial charge < -0.3 is 14.0 Å². The molecule has 46 heavy (non-hydrogen) atoms. The molecule has 0 bridgehead atoms. The van der Waals surface area contributed by atoms with Gasteiger partial charge in [-0.1, -0.05) is 24.3 Å². The van der Waals surface area contributed by atoms with Gasteiger partial charge in [0.25, 0.3) is 0 Å². The smallest absolute Gasteiger partial charge is 0.353 e. The number of hydrogen-bond donors (Lipinski definition) is 1. The Kier molecular flexibility index (Phi) is 9.48. The highest BCUT2D eigenvalue weighted by molar-refractivity contribution is 7.56. The number of carbonyl (C=O) groups excluding carboxylic acids is 2. The van der Waals surface area contributed by atoms with E-state index < -0.39 is 72.2 Å². The normalized spacial score (nSPS) is 16.3. The quantitative estimate of drug-likeness (QED) is 0.0425. The predicted molar refractivity (Wildman–Crippen MR) is 153 cm³/mol. The maximum absolute atomic E-state index is 14.1. The van der Waals surface area contributed by atoms with Crippen LogP contribution in [0.25, 0.3) is 10.1 Å². The third kappa shape index (κ3) is 7.37. The molecule has 3 aromatic carbocycles. The third-order valence-electron chi connectivity index (χ3n) is 6.91. The van der Waals surface area contributed by atoms with Crippen LogP contribution in [-0.4, -0.2) is 30.5 Å². The van der Waals surface area contributed by atoms with Crippen molar-refractivity contribution >= 4 is 40.9 Å². The van der Waals surface area contributed by atoms with Crippen molar-refractivity contribution in [2.45, 2.75) is 37.9 Å². The summed E-state index contributed by atoms with van der Waals surface area (Å²) >= 11 is 0.801. The van der Waals surface area contributed by atoms with Crippen LogP contribution < -0.4 is 14.3 Å². The molecule has 16 heteroatoms. The first-order valence-electron chi connectivity index (χ1n) is 13.6. The summed E-state index contributed by atoms with van der Waals surface area (Å²) in [7, 11) is -3.94. The minimum Gasteiger partial charge on any atom is -0.464 e. The van der Waals surface area contributed by atoms with Crippen molar-refractivity contribution in [3.05, 3.63) is 94.1 Å². The van der Waals surface area contributed by atoms with Gasteiger partial charge in [-0.3, -0.25) is 9.36 Å². The number of hydrogen-bond acceptors (Lipinski definition) is 7. The van der Waals surface area contributed by atoms with E-state index in [1.165, 1.54) is 25.1 Å². The molecular weight excluding hydrogens is 666 g/mol. The van der Waals surface area contributed by atoms with Crippen LogP contribution in [0.15, 0.2) is 54.6 Å². The minimum atomic E-state index is -3.94. The van der Waals surface area contributed by atoms with Gasteiger partial charge in [0.1, 0.15) is 16.7 Å². The molecule has 1 N–H and O–H groups in total. The highest BCUT2D eigenvalue weighted by Gasteiger charge is 2.46. The minimum absolute atomic E-state index is 0.213. The highest BCUT2D eigenvalue weighted by atomic mass is 32.1. The van der Waals surface area contributed by atoms with E-state index in [-0.39, 0.29) is 36.2 Å². The van der Waals surface area contributed by atoms with Crippen molar-refractivity contribution < 1.29 is 58.9 Å². The maximum Gasteiger partial charge on any atom is 0.353 e. The Balaban J connectivity index is 1.33. The Bertz CT molecular complexity index is 1820. The Hall–Kier alpha value is -3.94. The van der Waals surface area contributed by atoms with E-state index in [1.54, 1.807) is 36.4 Å². The molecule has 1 fully saturated rings. The van der Waals surface area contributed by atoms with Gasteiger partial charge in [-0.15, -0.1) is 11.3 Å². The van der Waals surface area contributed by atoms with Crippen LogP contribution in [0.1, 0.15) is 35.0 Å². The largest absolute Gasteiger partial charge is 0.464 e. The lowest BCUT2D eigenvalue weighted by molar-refractivity contribution is -0.158. The molecule has 1 aliphatic carbocycles. The fraction of sp³-hybridized carbons (Fsp3) is 0.267. The van der Waals surface area contributed by atoms with Gasteiger partial charge in [-0.05, 0) is 48.2 Å². The Morgan fingerprint density at radius 2 is 1.59 bits per heavy atom. The van der Waals surface area contributed by atoms with Crippen LogP contribution in [0, 0.1) is 35.0 Å². The molecule has 1 aliphatic rings. The number of nitrogens with one attached hydrogen (secondary N) is 1. The zero-order chi connectivity index (χ0) is 33.4. The average molecular weight is 690 g/mol. The van der Waals surface area contributed by atoms with E-state index in [0.717, 1.165) is 11.3 Å². The lowest BCUT2D eigenvalue weighted by atomic mass is 9.82. The molecule has 2 unspecified atom stereocenters.